The quantitative estimate of drug-likeness (QED) is 0.696. The van der Waals surface area contributed by atoms with Crippen LogP contribution >= 0.6 is 0 Å². The number of nitrogens with one attached hydrogen (secondary N) is 1. The average Bonchev–Trinajstić information content (AvgIpc) is 2.80. The number of para-hydroxylation sites is 2. The van der Waals surface area contributed by atoms with Crippen molar-refractivity contribution in [1.82, 2.24) is 5.32 Å². The fraction of sp³-hybridized carbons (Fsp3) is 0.391. The third-order valence-electron chi connectivity index (χ3n) is 4.14. The summed E-state index contributed by atoms with van der Waals surface area (Å²) in [6.45, 7) is 0.241. The molecule has 2 aromatic carbocycles. The van der Waals surface area contributed by atoms with Crippen LogP contribution in [0, 0.1) is 0 Å². The van der Waals surface area contributed by atoms with E-state index in [1.165, 1.54) is 26.3 Å². The van der Waals surface area contributed by atoms with Crippen molar-refractivity contribution in [2.75, 3.05) is 20.3 Å². The molecule has 1 aliphatic rings. The van der Waals surface area contributed by atoms with Gasteiger partial charge in [0.15, 0.2) is 12.9 Å². The van der Waals surface area contributed by atoms with E-state index < -0.39 is 0 Å². The topological polar surface area (TPSA) is 90.7 Å². The number of hydrogen-bond acceptors (Lipinski definition) is 5. The summed E-state index contributed by atoms with van der Waals surface area (Å²) in [6, 6.07) is 19.0. The highest BCUT2D eigenvalue weighted by Crippen LogP contribution is 2.17. The van der Waals surface area contributed by atoms with E-state index in [4.69, 9.17) is 9.47 Å². The molecule has 0 heterocycles. The van der Waals surface area contributed by atoms with Crippen molar-refractivity contribution in [1.29, 1.82) is 0 Å². The first-order chi connectivity index (χ1) is 14.3. The zero-order valence-electron chi connectivity index (χ0n) is 17.1. The Morgan fingerprint density at radius 1 is 0.931 bits per heavy atom. The van der Waals surface area contributed by atoms with E-state index in [9.17, 15) is 9.59 Å². The van der Waals surface area contributed by atoms with E-state index in [2.05, 4.69) is 11.1 Å². The summed E-state index contributed by atoms with van der Waals surface area (Å²) in [7, 11) is 1.50. The molecule has 1 saturated carbocycles. The number of carbonyl (C=O) groups excluding carboxylic acids is 2. The van der Waals surface area contributed by atoms with Gasteiger partial charge < -0.3 is 20.5 Å². The first kappa shape index (κ1) is 24.2. The molecule has 0 unspecified atom stereocenters. The molecule has 2 aromatic rings. The summed E-state index contributed by atoms with van der Waals surface area (Å²) < 4.78 is 10.4. The first-order valence-corrected chi connectivity index (χ1v) is 9.94. The summed E-state index contributed by atoms with van der Waals surface area (Å²) in [6.07, 6.45) is 6.70. The van der Waals surface area contributed by atoms with Gasteiger partial charge in [-0.3, -0.25) is 9.59 Å². The molecule has 0 aromatic heterocycles. The van der Waals surface area contributed by atoms with E-state index in [1.807, 2.05) is 60.7 Å². The van der Waals surface area contributed by atoms with Crippen molar-refractivity contribution in [3.63, 3.8) is 0 Å². The number of rotatable bonds is 7. The van der Waals surface area contributed by atoms with E-state index in [0.29, 0.717) is 6.04 Å². The SMILES string of the molecule is CN.O=C(COc1ccccc1)NC1CCCCC1.O=CCOc1ccccc1. The largest absolute Gasteiger partial charge is 0.486 e. The Morgan fingerprint density at radius 3 is 1.97 bits per heavy atom. The third-order valence-corrected chi connectivity index (χ3v) is 4.14. The van der Waals surface area contributed by atoms with Crippen molar-refractivity contribution in [3.8, 4) is 11.5 Å². The number of hydrogen-bond donors (Lipinski definition) is 2. The lowest BCUT2D eigenvalue weighted by Crippen LogP contribution is -2.38. The second kappa shape index (κ2) is 16.1. The first-order valence-electron chi connectivity index (χ1n) is 9.94. The maximum absolute atomic E-state index is 11.6. The minimum Gasteiger partial charge on any atom is -0.486 e. The molecule has 0 aliphatic heterocycles. The van der Waals surface area contributed by atoms with Crippen LogP contribution < -0.4 is 20.5 Å². The fourth-order valence-electron chi connectivity index (χ4n) is 2.83. The molecule has 6 nitrogen and oxygen atoms in total. The summed E-state index contributed by atoms with van der Waals surface area (Å²) in [5, 5.41) is 3.03. The summed E-state index contributed by atoms with van der Waals surface area (Å²) in [5.41, 5.74) is 4.50. The van der Waals surface area contributed by atoms with Crippen molar-refractivity contribution < 1.29 is 19.1 Å². The van der Waals surface area contributed by atoms with Crippen LogP contribution in [-0.4, -0.2) is 38.5 Å². The highest BCUT2D eigenvalue weighted by atomic mass is 16.5. The Labute approximate surface area is 173 Å². The van der Waals surface area contributed by atoms with E-state index >= 15 is 0 Å². The number of aldehydes is 1. The Kier molecular flexibility index (Phi) is 13.4. The Hall–Kier alpha value is -2.86. The highest BCUT2D eigenvalue weighted by Gasteiger charge is 2.15. The Morgan fingerprint density at radius 2 is 1.45 bits per heavy atom. The molecule has 158 valence electrons. The molecule has 3 rings (SSSR count). The van der Waals surface area contributed by atoms with Gasteiger partial charge >= 0.3 is 0 Å². The van der Waals surface area contributed by atoms with Gasteiger partial charge in [0.05, 0.1) is 0 Å². The second-order valence-corrected chi connectivity index (χ2v) is 6.29. The average molecular weight is 401 g/mol. The van der Waals surface area contributed by atoms with Crippen molar-refractivity contribution in [3.05, 3.63) is 60.7 Å². The number of nitrogens with two attached hydrogens (primary N) is 1. The molecule has 0 saturated heterocycles. The number of carbonyl (C=O) groups is 2. The predicted molar refractivity (Wildman–Crippen MR) is 115 cm³/mol. The molecule has 0 bridgehead atoms. The second-order valence-electron chi connectivity index (χ2n) is 6.29. The van der Waals surface area contributed by atoms with Crippen molar-refractivity contribution in [2.24, 2.45) is 5.73 Å². The van der Waals surface area contributed by atoms with Crippen LogP contribution in [0.25, 0.3) is 0 Å². The fourth-order valence-corrected chi connectivity index (χ4v) is 2.83. The van der Waals surface area contributed by atoms with Gasteiger partial charge in [0.25, 0.3) is 5.91 Å². The van der Waals surface area contributed by atoms with E-state index in [0.717, 1.165) is 30.6 Å². The monoisotopic (exact) mass is 400 g/mol. The molecule has 6 heteroatoms. The molecule has 1 aliphatic carbocycles. The molecular weight excluding hydrogens is 368 g/mol. The van der Waals surface area contributed by atoms with Gasteiger partial charge in [-0.15, -0.1) is 0 Å². The Balaban J connectivity index is 0.000000299. The van der Waals surface area contributed by atoms with Crippen LogP contribution in [0.3, 0.4) is 0 Å². The van der Waals surface area contributed by atoms with E-state index in [1.54, 1.807) is 0 Å². The standard InChI is InChI=1S/C14H19NO2.C8H8O2.CH5N/c16-14(15-12-7-3-1-4-8-12)11-17-13-9-5-2-6-10-13;9-6-7-10-8-4-2-1-3-5-8;1-2/h2,5-6,9-10,12H,1,3-4,7-8,11H2,(H,15,16);1-6H,7H2;2H2,1H3. The number of benzene rings is 2. The Bertz CT molecular complexity index is 659. The zero-order chi connectivity index (χ0) is 21.2. The van der Waals surface area contributed by atoms with Crippen molar-refractivity contribution >= 4 is 12.2 Å². The van der Waals surface area contributed by atoms with Gasteiger partial charge in [-0.1, -0.05) is 55.7 Å². The zero-order valence-corrected chi connectivity index (χ0v) is 17.1. The minimum absolute atomic E-state index is 0.0132. The van der Waals surface area contributed by atoms with Crippen LogP contribution in [0.1, 0.15) is 32.1 Å². The summed E-state index contributed by atoms with van der Waals surface area (Å²) in [5.74, 6) is 1.46. The van der Waals surface area contributed by atoms with Crippen LogP contribution in [0.15, 0.2) is 60.7 Å². The smallest absolute Gasteiger partial charge is 0.258 e. The molecular formula is C23H32N2O4. The summed E-state index contributed by atoms with van der Waals surface area (Å²) >= 11 is 0. The van der Waals surface area contributed by atoms with Crippen LogP contribution in [0.4, 0.5) is 0 Å². The van der Waals surface area contributed by atoms with Crippen LogP contribution in [-0.2, 0) is 9.59 Å². The molecule has 1 fully saturated rings. The molecule has 29 heavy (non-hydrogen) atoms. The molecule has 0 radical (unpaired) electrons. The lowest BCUT2D eigenvalue weighted by atomic mass is 9.95. The minimum atomic E-state index is -0.0132. The lowest BCUT2D eigenvalue weighted by Gasteiger charge is -2.22. The molecule has 1 amide bonds. The summed E-state index contributed by atoms with van der Waals surface area (Å²) in [4.78, 5) is 21.5. The van der Waals surface area contributed by atoms with Crippen LogP contribution in [0.5, 0.6) is 11.5 Å². The normalized spacial score (nSPS) is 12.9. The van der Waals surface area contributed by atoms with Gasteiger partial charge in [0.2, 0.25) is 0 Å². The number of amides is 1. The van der Waals surface area contributed by atoms with E-state index in [-0.39, 0.29) is 19.1 Å². The van der Waals surface area contributed by atoms with Gasteiger partial charge in [-0.25, -0.2) is 0 Å². The molecule has 3 N–H and O–H groups in total. The van der Waals surface area contributed by atoms with Gasteiger partial charge in [0.1, 0.15) is 18.1 Å². The van der Waals surface area contributed by atoms with Gasteiger partial charge in [-0.2, -0.15) is 0 Å². The predicted octanol–water partition coefficient (Wildman–Crippen LogP) is 3.35. The van der Waals surface area contributed by atoms with Crippen molar-refractivity contribution in [2.45, 2.75) is 38.1 Å². The number of ether oxygens (including phenoxy) is 2. The highest BCUT2D eigenvalue weighted by molar-refractivity contribution is 5.77. The molecule has 0 spiro atoms. The van der Waals surface area contributed by atoms with Gasteiger partial charge in [0, 0.05) is 6.04 Å². The maximum atomic E-state index is 11.6. The third kappa shape index (κ3) is 11.5. The molecule has 0 atom stereocenters. The van der Waals surface area contributed by atoms with Crippen LogP contribution in [0.2, 0.25) is 0 Å². The van der Waals surface area contributed by atoms with Gasteiger partial charge in [-0.05, 0) is 44.2 Å². The lowest BCUT2D eigenvalue weighted by molar-refractivity contribution is -0.124. The maximum Gasteiger partial charge on any atom is 0.258 e.